The van der Waals surface area contributed by atoms with Gasteiger partial charge in [0, 0.05) is 20.8 Å². The third-order valence-corrected chi connectivity index (χ3v) is 3.22. The summed E-state index contributed by atoms with van der Waals surface area (Å²) in [6.45, 7) is 2.34. The molecule has 0 rings (SSSR count). The standard InChI is InChI=1S/C5H14N2O3Si/c1-4-7(5(6)8)11(9-2)10-3/h11H,4H2,1-3H3,(H2,6,8). The molecule has 0 unspecified atom stereocenters. The summed E-state index contributed by atoms with van der Waals surface area (Å²) in [5.41, 5.74) is 5.06. The van der Waals surface area contributed by atoms with Gasteiger partial charge in [0.1, 0.15) is 0 Å². The molecule has 0 saturated heterocycles. The van der Waals surface area contributed by atoms with Crippen molar-refractivity contribution in [2.24, 2.45) is 5.73 Å². The first-order valence-corrected chi connectivity index (χ1v) is 4.75. The third-order valence-electron chi connectivity index (χ3n) is 1.28. The van der Waals surface area contributed by atoms with Crippen LogP contribution in [0.1, 0.15) is 6.92 Å². The maximum absolute atomic E-state index is 10.7. The van der Waals surface area contributed by atoms with Crippen LogP contribution >= 0.6 is 0 Å². The molecule has 0 aliphatic carbocycles. The highest BCUT2D eigenvalue weighted by Gasteiger charge is 2.22. The summed E-state index contributed by atoms with van der Waals surface area (Å²) in [5, 5.41) is 0. The molecule has 0 radical (unpaired) electrons. The van der Waals surface area contributed by atoms with Crippen molar-refractivity contribution in [1.29, 1.82) is 0 Å². The van der Waals surface area contributed by atoms with E-state index >= 15 is 0 Å². The van der Waals surface area contributed by atoms with E-state index in [0.717, 1.165) is 0 Å². The monoisotopic (exact) mass is 178 g/mol. The van der Waals surface area contributed by atoms with Crippen molar-refractivity contribution in [1.82, 2.24) is 4.57 Å². The zero-order valence-electron chi connectivity index (χ0n) is 7.03. The fourth-order valence-electron chi connectivity index (χ4n) is 0.760. The highest BCUT2D eigenvalue weighted by atomic mass is 28.3. The SMILES string of the molecule is CCN(C(N)=O)[SiH](OC)OC. The minimum Gasteiger partial charge on any atom is -0.384 e. The van der Waals surface area contributed by atoms with E-state index in [9.17, 15) is 4.79 Å². The van der Waals surface area contributed by atoms with Crippen molar-refractivity contribution in [3.8, 4) is 0 Å². The third kappa shape index (κ3) is 2.87. The van der Waals surface area contributed by atoms with Crippen molar-refractivity contribution >= 4 is 15.5 Å². The average molecular weight is 178 g/mol. The van der Waals surface area contributed by atoms with Crippen LogP contribution in [0.15, 0.2) is 0 Å². The lowest BCUT2D eigenvalue weighted by Gasteiger charge is -2.23. The minimum atomic E-state index is -2.01. The molecule has 0 aromatic rings. The van der Waals surface area contributed by atoms with Gasteiger partial charge in [-0.05, 0) is 6.92 Å². The van der Waals surface area contributed by atoms with Crippen molar-refractivity contribution in [2.75, 3.05) is 20.8 Å². The van der Waals surface area contributed by atoms with E-state index in [0.29, 0.717) is 6.54 Å². The summed E-state index contributed by atoms with van der Waals surface area (Å²) in [7, 11) is 1.01. The lowest BCUT2D eigenvalue weighted by atomic mass is 10.7. The highest BCUT2D eigenvalue weighted by molar-refractivity contribution is 6.44. The first kappa shape index (κ1) is 10.4. The smallest absolute Gasteiger partial charge is 0.384 e. The Hall–Kier alpha value is -0.593. The summed E-state index contributed by atoms with van der Waals surface area (Å²) in [6, 6.07) is -0.493. The van der Waals surface area contributed by atoms with E-state index in [4.69, 9.17) is 14.6 Å². The molecule has 0 bridgehead atoms. The fraction of sp³-hybridized carbons (Fsp3) is 0.800. The van der Waals surface area contributed by atoms with Gasteiger partial charge in [0.25, 0.3) is 0 Å². The van der Waals surface area contributed by atoms with Gasteiger partial charge < -0.3 is 19.2 Å². The van der Waals surface area contributed by atoms with Crippen LogP contribution in [0.3, 0.4) is 0 Å². The Labute approximate surface area is 68.0 Å². The first-order chi connectivity index (χ1) is 5.17. The largest absolute Gasteiger partial charge is 0.445 e. The molecule has 0 atom stereocenters. The van der Waals surface area contributed by atoms with E-state index in [2.05, 4.69) is 0 Å². The molecule has 0 aliphatic rings. The normalized spacial score (nSPS) is 10.2. The number of amides is 2. The predicted octanol–water partition coefficient (Wildman–Crippen LogP) is -0.603. The Kier molecular flexibility index (Phi) is 4.83. The van der Waals surface area contributed by atoms with Crippen LogP contribution in [0.25, 0.3) is 0 Å². The molecular weight excluding hydrogens is 164 g/mol. The maximum atomic E-state index is 10.7. The van der Waals surface area contributed by atoms with Crippen molar-refractivity contribution < 1.29 is 13.6 Å². The van der Waals surface area contributed by atoms with E-state index in [1.165, 1.54) is 18.8 Å². The highest BCUT2D eigenvalue weighted by Crippen LogP contribution is 1.95. The molecule has 66 valence electrons. The van der Waals surface area contributed by atoms with Gasteiger partial charge in [-0.25, -0.2) is 4.79 Å². The molecule has 11 heavy (non-hydrogen) atoms. The fourth-order valence-corrected chi connectivity index (χ4v) is 1.97. The van der Waals surface area contributed by atoms with Crippen LogP contribution in [-0.4, -0.2) is 40.8 Å². The van der Waals surface area contributed by atoms with Crippen molar-refractivity contribution in [3.63, 3.8) is 0 Å². The van der Waals surface area contributed by atoms with Crippen LogP contribution in [0.4, 0.5) is 4.79 Å². The van der Waals surface area contributed by atoms with Gasteiger partial charge in [0.15, 0.2) is 0 Å². The summed E-state index contributed by atoms with van der Waals surface area (Å²) >= 11 is 0. The molecule has 0 aromatic heterocycles. The molecule has 0 heterocycles. The Morgan fingerprint density at radius 2 is 2.00 bits per heavy atom. The van der Waals surface area contributed by atoms with Crippen molar-refractivity contribution in [2.45, 2.75) is 6.92 Å². The van der Waals surface area contributed by atoms with Gasteiger partial charge in [-0.1, -0.05) is 0 Å². The second-order valence-electron chi connectivity index (χ2n) is 1.90. The number of nitrogens with two attached hydrogens (primary N) is 1. The Morgan fingerprint density at radius 1 is 1.55 bits per heavy atom. The second kappa shape index (κ2) is 5.11. The number of carbonyl (C=O) groups is 1. The molecule has 2 N–H and O–H groups in total. The number of hydrogen-bond donors (Lipinski definition) is 1. The van der Waals surface area contributed by atoms with E-state index in [1.54, 1.807) is 0 Å². The maximum Gasteiger partial charge on any atom is 0.445 e. The molecule has 0 saturated carbocycles. The summed E-state index contributed by atoms with van der Waals surface area (Å²) < 4.78 is 11.3. The quantitative estimate of drug-likeness (QED) is 0.584. The summed E-state index contributed by atoms with van der Waals surface area (Å²) in [5.74, 6) is 0. The van der Waals surface area contributed by atoms with Gasteiger partial charge in [-0.3, -0.25) is 0 Å². The van der Waals surface area contributed by atoms with Crippen molar-refractivity contribution in [3.05, 3.63) is 0 Å². The van der Waals surface area contributed by atoms with Crippen LogP contribution < -0.4 is 5.73 Å². The number of hydrogen-bond acceptors (Lipinski definition) is 3. The molecule has 6 heteroatoms. The Balaban J connectivity index is 4.09. The lowest BCUT2D eigenvalue weighted by molar-refractivity contribution is 0.192. The summed E-state index contributed by atoms with van der Waals surface area (Å²) in [6.07, 6.45) is 0. The van der Waals surface area contributed by atoms with E-state index in [-0.39, 0.29) is 0 Å². The molecule has 0 fully saturated rings. The lowest BCUT2D eigenvalue weighted by Crippen LogP contribution is -2.49. The van der Waals surface area contributed by atoms with E-state index in [1.807, 2.05) is 6.92 Å². The minimum absolute atomic E-state index is 0.493. The molecule has 0 aliphatic heterocycles. The number of rotatable bonds is 4. The predicted molar refractivity (Wildman–Crippen MR) is 43.1 cm³/mol. The van der Waals surface area contributed by atoms with Gasteiger partial charge in [-0.15, -0.1) is 0 Å². The average Bonchev–Trinajstić information content (AvgIpc) is 1.99. The number of primary amides is 1. The van der Waals surface area contributed by atoms with Gasteiger partial charge in [0.2, 0.25) is 0 Å². The van der Waals surface area contributed by atoms with Crippen LogP contribution in [0, 0.1) is 0 Å². The number of carbonyl (C=O) groups excluding carboxylic acids is 1. The Bertz CT molecular complexity index is 129. The van der Waals surface area contributed by atoms with Crippen LogP contribution in [0.2, 0.25) is 0 Å². The summed E-state index contributed by atoms with van der Waals surface area (Å²) in [4.78, 5) is 10.7. The molecule has 5 nitrogen and oxygen atoms in total. The zero-order chi connectivity index (χ0) is 8.85. The van der Waals surface area contributed by atoms with Gasteiger partial charge in [-0.2, -0.15) is 0 Å². The zero-order valence-corrected chi connectivity index (χ0v) is 8.19. The van der Waals surface area contributed by atoms with Crippen LogP contribution in [0.5, 0.6) is 0 Å². The number of nitrogens with zero attached hydrogens (tertiary/aromatic N) is 1. The molecule has 0 spiro atoms. The topological polar surface area (TPSA) is 64.8 Å². The molecular formula is C5H14N2O3Si. The van der Waals surface area contributed by atoms with Crippen LogP contribution in [-0.2, 0) is 8.85 Å². The second-order valence-corrected chi connectivity index (χ2v) is 4.08. The Morgan fingerprint density at radius 3 is 2.09 bits per heavy atom. The number of urea groups is 1. The van der Waals surface area contributed by atoms with E-state index < -0.39 is 15.5 Å². The first-order valence-electron chi connectivity index (χ1n) is 3.29. The van der Waals surface area contributed by atoms with Gasteiger partial charge >= 0.3 is 15.5 Å². The molecule has 2 amide bonds. The molecule has 0 aromatic carbocycles. The van der Waals surface area contributed by atoms with Gasteiger partial charge in [0.05, 0.1) is 0 Å².